The molecule has 2 heterocycles. The Balaban J connectivity index is 0.000000171. The van der Waals surface area contributed by atoms with Crippen molar-refractivity contribution in [2.45, 2.75) is 0 Å². The van der Waals surface area contributed by atoms with Crippen molar-refractivity contribution >= 4 is 35.0 Å². The van der Waals surface area contributed by atoms with Crippen molar-refractivity contribution in [1.82, 2.24) is 0 Å². The molecule has 0 aliphatic carbocycles. The molecule has 8 heteroatoms. The third kappa shape index (κ3) is 3.97. The molecule has 0 radical (unpaired) electrons. The van der Waals surface area contributed by atoms with Crippen LogP contribution in [0.2, 0.25) is 0 Å². The van der Waals surface area contributed by atoms with Crippen LogP contribution in [0.25, 0.3) is 0 Å². The van der Waals surface area contributed by atoms with Crippen LogP contribution in [0.15, 0.2) is 72.8 Å². The van der Waals surface area contributed by atoms with Crippen LogP contribution in [0.1, 0.15) is 0 Å². The molecule has 4 rings (SSSR count). The van der Waals surface area contributed by atoms with Crippen molar-refractivity contribution in [3.63, 3.8) is 0 Å². The zero-order valence-corrected chi connectivity index (χ0v) is 16.3. The summed E-state index contributed by atoms with van der Waals surface area (Å²) >= 11 is 0. The number of carbonyl (C=O) groups excluding carboxylic acids is 4. The summed E-state index contributed by atoms with van der Waals surface area (Å²) in [4.78, 5) is 47.8. The van der Waals surface area contributed by atoms with E-state index in [1.54, 1.807) is 48.5 Å². The van der Waals surface area contributed by atoms with Crippen LogP contribution in [-0.4, -0.2) is 37.8 Å². The minimum atomic E-state index is -0.343. The molecule has 2 aliphatic heterocycles. The van der Waals surface area contributed by atoms with Crippen molar-refractivity contribution in [3.8, 4) is 11.5 Å². The van der Waals surface area contributed by atoms with Gasteiger partial charge in [0.1, 0.15) is 11.5 Å². The van der Waals surface area contributed by atoms with E-state index in [0.29, 0.717) is 22.9 Å². The molecule has 2 aromatic rings. The molecule has 0 unspecified atom stereocenters. The number of nitrogens with zero attached hydrogens (tertiary/aromatic N) is 2. The lowest BCUT2D eigenvalue weighted by Crippen LogP contribution is -2.29. The average Bonchev–Trinajstić information content (AvgIpc) is 3.28. The van der Waals surface area contributed by atoms with E-state index in [9.17, 15) is 19.2 Å². The van der Waals surface area contributed by atoms with Crippen LogP contribution < -0.4 is 19.3 Å². The van der Waals surface area contributed by atoms with Crippen molar-refractivity contribution in [2.24, 2.45) is 0 Å². The first-order valence-electron chi connectivity index (χ1n) is 8.86. The molecular weight excluding hydrogens is 388 g/mol. The monoisotopic (exact) mass is 406 g/mol. The Kier molecular flexibility index (Phi) is 6.07. The Labute approximate surface area is 172 Å². The summed E-state index contributed by atoms with van der Waals surface area (Å²) in [6.07, 6.45) is 4.98. The average molecular weight is 406 g/mol. The Morgan fingerprint density at radius 1 is 0.533 bits per heavy atom. The summed E-state index contributed by atoms with van der Waals surface area (Å²) in [6, 6.07) is 13.8. The van der Waals surface area contributed by atoms with Gasteiger partial charge in [-0.1, -0.05) is 24.3 Å². The van der Waals surface area contributed by atoms with Crippen LogP contribution in [0.4, 0.5) is 11.4 Å². The molecule has 0 bridgehead atoms. The van der Waals surface area contributed by atoms with Crippen LogP contribution >= 0.6 is 0 Å². The van der Waals surface area contributed by atoms with E-state index >= 15 is 0 Å². The smallest absolute Gasteiger partial charge is 0.258 e. The fourth-order valence-corrected chi connectivity index (χ4v) is 2.90. The maximum Gasteiger partial charge on any atom is 0.258 e. The van der Waals surface area contributed by atoms with Crippen molar-refractivity contribution in [1.29, 1.82) is 0 Å². The number of imide groups is 2. The zero-order valence-electron chi connectivity index (χ0n) is 16.3. The molecule has 0 N–H and O–H groups in total. The van der Waals surface area contributed by atoms with E-state index in [2.05, 4.69) is 0 Å². The number of amides is 4. The number of para-hydroxylation sites is 4. The summed E-state index contributed by atoms with van der Waals surface area (Å²) in [6.45, 7) is 0. The van der Waals surface area contributed by atoms with Gasteiger partial charge in [-0.25, -0.2) is 9.80 Å². The Hall–Kier alpha value is -4.20. The first kappa shape index (κ1) is 20.5. The highest BCUT2D eigenvalue weighted by Crippen LogP contribution is 2.30. The Morgan fingerprint density at radius 3 is 1.13 bits per heavy atom. The van der Waals surface area contributed by atoms with Crippen LogP contribution in [-0.2, 0) is 19.2 Å². The lowest BCUT2D eigenvalue weighted by Gasteiger charge is -2.16. The minimum Gasteiger partial charge on any atom is -0.495 e. The van der Waals surface area contributed by atoms with Crippen molar-refractivity contribution in [3.05, 3.63) is 72.8 Å². The molecule has 30 heavy (non-hydrogen) atoms. The van der Waals surface area contributed by atoms with Gasteiger partial charge in [-0.3, -0.25) is 19.2 Å². The second-order valence-corrected chi connectivity index (χ2v) is 6.03. The minimum absolute atomic E-state index is 0.343. The summed E-state index contributed by atoms with van der Waals surface area (Å²) < 4.78 is 10.2. The standard InChI is InChI=1S/2C11H9NO3/c2*1-15-9-5-3-2-4-8(9)12-10(13)6-7-11(12)14/h2*2-7H,1H3. The number of benzene rings is 2. The van der Waals surface area contributed by atoms with Gasteiger partial charge in [-0.15, -0.1) is 0 Å². The van der Waals surface area contributed by atoms with Gasteiger partial charge in [-0.05, 0) is 24.3 Å². The fraction of sp³-hybridized carbons (Fsp3) is 0.0909. The third-order valence-electron chi connectivity index (χ3n) is 4.27. The maximum absolute atomic E-state index is 11.4. The molecule has 0 saturated heterocycles. The summed E-state index contributed by atoms with van der Waals surface area (Å²) in [5.41, 5.74) is 0.944. The number of anilines is 2. The van der Waals surface area contributed by atoms with Gasteiger partial charge in [0, 0.05) is 24.3 Å². The predicted molar refractivity (Wildman–Crippen MR) is 109 cm³/mol. The van der Waals surface area contributed by atoms with E-state index in [0.717, 1.165) is 9.80 Å². The first-order chi connectivity index (χ1) is 14.5. The number of rotatable bonds is 4. The number of ether oxygens (including phenoxy) is 2. The zero-order chi connectivity index (χ0) is 21.7. The van der Waals surface area contributed by atoms with Gasteiger partial charge < -0.3 is 9.47 Å². The van der Waals surface area contributed by atoms with Gasteiger partial charge in [0.05, 0.1) is 25.6 Å². The SMILES string of the molecule is COc1ccccc1N1C(=O)C=CC1=O.COc1ccccc1N1C(=O)C=CC1=O. The highest BCUT2D eigenvalue weighted by molar-refractivity contribution is 6.29. The van der Waals surface area contributed by atoms with Crippen LogP contribution in [0.5, 0.6) is 11.5 Å². The lowest BCUT2D eigenvalue weighted by atomic mass is 10.2. The first-order valence-corrected chi connectivity index (χ1v) is 8.86. The van der Waals surface area contributed by atoms with Crippen molar-refractivity contribution in [2.75, 3.05) is 24.0 Å². The molecule has 8 nitrogen and oxygen atoms in total. The molecule has 4 amide bonds. The topological polar surface area (TPSA) is 93.2 Å². The fourth-order valence-electron chi connectivity index (χ4n) is 2.90. The summed E-state index contributed by atoms with van der Waals surface area (Å²) in [5.74, 6) is -0.367. The lowest BCUT2D eigenvalue weighted by molar-refractivity contribution is -0.121. The maximum atomic E-state index is 11.4. The van der Waals surface area contributed by atoms with E-state index < -0.39 is 0 Å². The second-order valence-electron chi connectivity index (χ2n) is 6.03. The Bertz CT molecular complexity index is 951. The molecule has 0 saturated carbocycles. The highest BCUT2D eigenvalue weighted by atomic mass is 16.5. The van der Waals surface area contributed by atoms with Gasteiger partial charge in [0.25, 0.3) is 23.6 Å². The molecule has 152 valence electrons. The largest absolute Gasteiger partial charge is 0.495 e. The third-order valence-corrected chi connectivity index (χ3v) is 4.27. The molecular formula is C22H18N2O6. The number of hydrogen-bond acceptors (Lipinski definition) is 6. The highest BCUT2D eigenvalue weighted by Gasteiger charge is 2.28. The quantitative estimate of drug-likeness (QED) is 0.723. The number of carbonyl (C=O) groups is 4. The molecule has 0 fully saturated rings. The number of hydrogen-bond donors (Lipinski definition) is 0. The Morgan fingerprint density at radius 2 is 0.833 bits per heavy atom. The number of methoxy groups -OCH3 is 2. The van der Waals surface area contributed by atoms with Crippen LogP contribution in [0.3, 0.4) is 0 Å². The normalized spacial score (nSPS) is 14.9. The molecule has 2 aromatic carbocycles. The van der Waals surface area contributed by atoms with Gasteiger partial charge >= 0.3 is 0 Å². The van der Waals surface area contributed by atoms with Gasteiger partial charge in [0.15, 0.2) is 0 Å². The molecule has 0 atom stereocenters. The summed E-state index contributed by atoms with van der Waals surface area (Å²) in [7, 11) is 2.99. The van der Waals surface area contributed by atoms with E-state index in [1.165, 1.54) is 38.5 Å². The van der Waals surface area contributed by atoms with Crippen LogP contribution in [0, 0.1) is 0 Å². The molecule has 0 spiro atoms. The second kappa shape index (κ2) is 8.87. The molecule has 0 aromatic heterocycles. The van der Waals surface area contributed by atoms with E-state index in [-0.39, 0.29) is 23.6 Å². The predicted octanol–water partition coefficient (Wildman–Crippen LogP) is 2.25. The van der Waals surface area contributed by atoms with Gasteiger partial charge in [-0.2, -0.15) is 0 Å². The van der Waals surface area contributed by atoms with Crippen molar-refractivity contribution < 1.29 is 28.7 Å². The van der Waals surface area contributed by atoms with E-state index in [1.807, 2.05) is 0 Å². The summed E-state index contributed by atoms with van der Waals surface area (Å²) in [5, 5.41) is 0. The molecule has 2 aliphatic rings. The van der Waals surface area contributed by atoms with Gasteiger partial charge in [0.2, 0.25) is 0 Å². The van der Waals surface area contributed by atoms with E-state index in [4.69, 9.17) is 9.47 Å².